The third-order valence-electron chi connectivity index (χ3n) is 11.2. The Hall–Kier alpha value is -2.97. The second-order valence-corrected chi connectivity index (χ2v) is 13.9. The smallest absolute Gasteiger partial charge is 0.335 e. The first-order valence-electron chi connectivity index (χ1n) is 16.5. The molecule has 2 saturated carbocycles. The number of aliphatic hydroxyl groups excluding tert-OH is 2. The number of ether oxygens (including phenoxy) is 2. The monoisotopic (exact) mass is 642 g/mol. The summed E-state index contributed by atoms with van der Waals surface area (Å²) in [6, 6.07) is -2.04. The Morgan fingerprint density at radius 3 is 2.59 bits per heavy atom. The molecule has 5 rings (SSSR count). The number of rotatable bonds is 10. The van der Waals surface area contributed by atoms with Crippen LogP contribution in [0, 0.1) is 22.7 Å². The number of aliphatic imine (C=N–C) groups is 2. The van der Waals surface area contributed by atoms with Crippen LogP contribution in [0.4, 0.5) is 0 Å². The number of esters is 1. The minimum Gasteiger partial charge on any atom is -0.458 e. The molecular formula is C33H50N6O7. The fourth-order valence-electron chi connectivity index (χ4n) is 8.33. The summed E-state index contributed by atoms with van der Waals surface area (Å²) in [5.74, 6) is -0.842. The van der Waals surface area contributed by atoms with Gasteiger partial charge in [-0.1, -0.05) is 26.0 Å². The number of carbonyl (C=O) groups is 3. The summed E-state index contributed by atoms with van der Waals surface area (Å²) in [7, 11) is 0. The summed E-state index contributed by atoms with van der Waals surface area (Å²) >= 11 is 0. The molecule has 9 atom stereocenters. The maximum Gasteiger partial charge on any atom is 0.335 e. The van der Waals surface area contributed by atoms with E-state index < -0.39 is 41.0 Å². The molecule has 0 aromatic carbocycles. The lowest BCUT2D eigenvalue weighted by molar-refractivity contribution is -0.157. The summed E-state index contributed by atoms with van der Waals surface area (Å²) in [4.78, 5) is 49.5. The van der Waals surface area contributed by atoms with Crippen LogP contribution in [-0.2, 0) is 23.9 Å². The molecule has 3 fully saturated rings. The zero-order valence-electron chi connectivity index (χ0n) is 27.5. The van der Waals surface area contributed by atoms with E-state index in [-0.39, 0.29) is 48.9 Å². The lowest BCUT2D eigenvalue weighted by Crippen LogP contribution is -2.63. The van der Waals surface area contributed by atoms with Crippen LogP contribution >= 0.6 is 0 Å². The molecule has 3 aliphatic heterocycles. The first-order chi connectivity index (χ1) is 21.9. The van der Waals surface area contributed by atoms with Gasteiger partial charge in [-0.3, -0.25) is 25.5 Å². The molecule has 5 aliphatic rings. The molecule has 0 radical (unpaired) electrons. The lowest BCUT2D eigenvalue weighted by Gasteiger charge is -2.62. The van der Waals surface area contributed by atoms with Crippen molar-refractivity contribution in [2.45, 2.75) is 83.6 Å². The van der Waals surface area contributed by atoms with Gasteiger partial charge < -0.3 is 24.6 Å². The largest absolute Gasteiger partial charge is 0.458 e. The molecule has 5 N–H and O–H groups in total. The number of cyclic esters (lactones) is 1. The fourth-order valence-corrected chi connectivity index (χ4v) is 8.33. The number of amides is 2. The van der Waals surface area contributed by atoms with Gasteiger partial charge in [-0.05, 0) is 62.9 Å². The average molecular weight is 643 g/mol. The molecule has 0 spiro atoms. The quantitative estimate of drug-likeness (QED) is 0.166. The molecule has 0 bridgehead atoms. The van der Waals surface area contributed by atoms with Gasteiger partial charge in [0.05, 0.1) is 50.1 Å². The van der Waals surface area contributed by atoms with Crippen molar-refractivity contribution in [3.63, 3.8) is 0 Å². The Morgan fingerprint density at radius 2 is 1.96 bits per heavy atom. The van der Waals surface area contributed by atoms with Gasteiger partial charge in [-0.25, -0.2) is 14.8 Å². The molecule has 2 aliphatic carbocycles. The van der Waals surface area contributed by atoms with E-state index in [0.717, 1.165) is 5.57 Å². The van der Waals surface area contributed by atoms with Crippen LogP contribution in [0.15, 0.2) is 33.8 Å². The number of hydrogen-bond acceptors (Lipinski definition) is 11. The van der Waals surface area contributed by atoms with Crippen LogP contribution in [0.2, 0.25) is 0 Å². The maximum atomic E-state index is 13.4. The second-order valence-electron chi connectivity index (χ2n) is 13.9. The molecule has 0 aromatic rings. The standard InChI is InChI=1S/C33H50N6O7/c1-19-23(16-25(22-7-13-46-30(22)44)36-20(2)28(42)38-31-34-9-10-35-31)32(4)8-6-27(41)33(5,18-40)26(32)17-24(19)37-21(3)29(43)39-11-14-45-15-12-39/h7,9,20-21,23-27,36-37,40-41H,1,6,8,10-18H2,2-5H3,(H,35,38,42)/t20?,21?,23?,24?,25?,26?,27-,32-,33+/m1/s1. The molecule has 2 amide bonds. The third kappa shape index (κ3) is 6.70. The summed E-state index contributed by atoms with van der Waals surface area (Å²) in [5, 5.41) is 31.6. The minimum atomic E-state index is -0.784. The van der Waals surface area contributed by atoms with Crippen LogP contribution in [0.3, 0.4) is 0 Å². The van der Waals surface area contributed by atoms with Crippen LogP contribution in [0.1, 0.15) is 53.4 Å². The molecule has 0 aromatic heterocycles. The van der Waals surface area contributed by atoms with Gasteiger partial charge in [0.25, 0.3) is 0 Å². The number of fused-ring (bicyclic) bond motifs is 1. The number of carbonyl (C=O) groups excluding carboxylic acids is 3. The summed E-state index contributed by atoms with van der Waals surface area (Å²) in [5.41, 5.74) is 0.178. The number of morpholine rings is 1. The van der Waals surface area contributed by atoms with Gasteiger partial charge >= 0.3 is 5.97 Å². The number of nitrogens with one attached hydrogen (secondary N) is 3. The van der Waals surface area contributed by atoms with E-state index in [4.69, 9.17) is 9.47 Å². The van der Waals surface area contributed by atoms with E-state index in [2.05, 4.69) is 39.4 Å². The predicted molar refractivity (Wildman–Crippen MR) is 172 cm³/mol. The minimum absolute atomic E-state index is 0.0102. The Morgan fingerprint density at radius 1 is 1.22 bits per heavy atom. The molecule has 1 saturated heterocycles. The van der Waals surface area contributed by atoms with Crippen molar-refractivity contribution < 1.29 is 34.1 Å². The van der Waals surface area contributed by atoms with Gasteiger partial charge in [0, 0.05) is 36.8 Å². The average Bonchev–Trinajstić information content (AvgIpc) is 3.73. The van der Waals surface area contributed by atoms with Crippen LogP contribution in [0.5, 0.6) is 0 Å². The Bertz CT molecular complexity index is 1290. The lowest BCUT2D eigenvalue weighted by atomic mass is 9.45. The predicted octanol–water partition coefficient (Wildman–Crippen LogP) is 0.320. The molecule has 3 heterocycles. The Labute approximate surface area is 271 Å². The highest BCUT2D eigenvalue weighted by atomic mass is 16.5. The number of hydrogen-bond donors (Lipinski definition) is 5. The maximum absolute atomic E-state index is 13.4. The van der Waals surface area contributed by atoms with E-state index >= 15 is 0 Å². The zero-order chi connectivity index (χ0) is 33.2. The Kier molecular flexibility index (Phi) is 10.5. The van der Waals surface area contributed by atoms with E-state index in [0.29, 0.717) is 64.1 Å². The van der Waals surface area contributed by atoms with Crippen LogP contribution in [0.25, 0.3) is 0 Å². The molecule has 6 unspecified atom stereocenters. The molecule has 254 valence electrons. The van der Waals surface area contributed by atoms with E-state index in [9.17, 15) is 24.6 Å². The van der Waals surface area contributed by atoms with E-state index in [1.165, 1.54) is 0 Å². The Balaban J connectivity index is 1.44. The highest BCUT2D eigenvalue weighted by Gasteiger charge is 2.60. The SMILES string of the molecule is C=C1C(NC(C)C(=O)N2CCOCC2)CC2[C@](C)(CC[C@@H](O)[C@@]2(C)CO)C1CC(NC(C)C(=O)NC1=NCC=N1)C1=CCOC1=O. The van der Waals surface area contributed by atoms with Crippen LogP contribution in [-0.4, -0.2) is 121 Å². The van der Waals surface area contributed by atoms with Crippen molar-refractivity contribution >= 4 is 30.0 Å². The molecular weight excluding hydrogens is 592 g/mol. The van der Waals surface area contributed by atoms with Gasteiger partial charge in [-0.2, -0.15) is 0 Å². The van der Waals surface area contributed by atoms with Crippen LogP contribution < -0.4 is 16.0 Å². The highest BCUT2D eigenvalue weighted by molar-refractivity contribution is 6.04. The van der Waals surface area contributed by atoms with Gasteiger partial charge in [0.2, 0.25) is 17.8 Å². The van der Waals surface area contributed by atoms with Gasteiger partial charge in [0.1, 0.15) is 6.61 Å². The van der Waals surface area contributed by atoms with Crippen molar-refractivity contribution in [2.24, 2.45) is 32.7 Å². The highest BCUT2D eigenvalue weighted by Crippen LogP contribution is 2.62. The van der Waals surface area contributed by atoms with E-state index in [1.54, 1.807) is 19.2 Å². The molecule has 13 heteroatoms. The summed E-state index contributed by atoms with van der Waals surface area (Å²) in [6.07, 6.45) is 4.89. The normalized spacial score (nSPS) is 34.7. The van der Waals surface area contributed by atoms with Crippen molar-refractivity contribution in [1.82, 2.24) is 20.9 Å². The van der Waals surface area contributed by atoms with E-state index in [1.807, 2.05) is 18.7 Å². The fraction of sp³-hybridized carbons (Fsp3) is 0.727. The summed E-state index contributed by atoms with van der Waals surface area (Å²) in [6.45, 7) is 14.8. The summed E-state index contributed by atoms with van der Waals surface area (Å²) < 4.78 is 10.7. The van der Waals surface area contributed by atoms with Crippen molar-refractivity contribution in [2.75, 3.05) is 46.1 Å². The van der Waals surface area contributed by atoms with Gasteiger partial charge in [0.15, 0.2) is 0 Å². The third-order valence-corrected chi connectivity index (χ3v) is 11.2. The number of nitrogens with zero attached hydrogens (tertiary/aromatic N) is 3. The molecule has 46 heavy (non-hydrogen) atoms. The topological polar surface area (TPSA) is 174 Å². The first-order valence-corrected chi connectivity index (χ1v) is 16.5. The second kappa shape index (κ2) is 14.0. The number of guanidine groups is 1. The van der Waals surface area contributed by atoms with Crippen molar-refractivity contribution in [1.29, 1.82) is 0 Å². The zero-order valence-corrected chi connectivity index (χ0v) is 27.5. The number of aliphatic hydroxyl groups is 2. The van der Waals surface area contributed by atoms with Crippen molar-refractivity contribution in [3.8, 4) is 0 Å². The van der Waals surface area contributed by atoms with Crippen molar-refractivity contribution in [3.05, 3.63) is 23.8 Å². The van der Waals surface area contributed by atoms with Gasteiger partial charge in [-0.15, -0.1) is 0 Å². The molecule has 13 nitrogen and oxygen atoms in total. The first kappa shape index (κ1) is 34.4.